The zero-order valence-corrected chi connectivity index (χ0v) is 7.00. The standard InChI is InChI=1S/C7H15NS/c1-8-6-4-3-5-7(6)9-2/h6-8H,3-5H2,1-2H3/t6-,7-/m0/s1. The van der Waals surface area contributed by atoms with Gasteiger partial charge in [-0.05, 0) is 26.1 Å². The van der Waals surface area contributed by atoms with E-state index in [1.165, 1.54) is 19.3 Å². The molecular weight excluding hydrogens is 130 g/mol. The number of hydrogen-bond acceptors (Lipinski definition) is 2. The van der Waals surface area contributed by atoms with Crippen LogP contribution in [0.1, 0.15) is 19.3 Å². The van der Waals surface area contributed by atoms with Crippen LogP contribution in [0.4, 0.5) is 0 Å². The quantitative estimate of drug-likeness (QED) is 0.632. The molecule has 0 aliphatic heterocycles. The van der Waals surface area contributed by atoms with Gasteiger partial charge in [0.1, 0.15) is 0 Å². The van der Waals surface area contributed by atoms with Crippen molar-refractivity contribution < 1.29 is 0 Å². The molecule has 0 aromatic rings. The molecule has 0 saturated heterocycles. The molecule has 0 unspecified atom stereocenters. The van der Waals surface area contributed by atoms with E-state index in [0.29, 0.717) is 0 Å². The molecule has 1 fully saturated rings. The van der Waals surface area contributed by atoms with Crippen LogP contribution < -0.4 is 5.32 Å². The van der Waals surface area contributed by atoms with Gasteiger partial charge >= 0.3 is 0 Å². The van der Waals surface area contributed by atoms with Gasteiger partial charge in [0.25, 0.3) is 0 Å². The lowest BCUT2D eigenvalue weighted by Crippen LogP contribution is -2.30. The third kappa shape index (κ3) is 1.62. The van der Waals surface area contributed by atoms with E-state index in [4.69, 9.17) is 0 Å². The van der Waals surface area contributed by atoms with Crippen LogP contribution in [-0.2, 0) is 0 Å². The lowest BCUT2D eigenvalue weighted by atomic mass is 10.2. The molecule has 0 bridgehead atoms. The smallest absolute Gasteiger partial charge is 0.0198 e. The van der Waals surface area contributed by atoms with Crippen LogP contribution in [0.25, 0.3) is 0 Å². The van der Waals surface area contributed by atoms with Crippen molar-refractivity contribution in [1.29, 1.82) is 0 Å². The van der Waals surface area contributed by atoms with E-state index >= 15 is 0 Å². The van der Waals surface area contributed by atoms with Gasteiger partial charge in [0.2, 0.25) is 0 Å². The van der Waals surface area contributed by atoms with Crippen molar-refractivity contribution in [3.05, 3.63) is 0 Å². The fourth-order valence-electron chi connectivity index (χ4n) is 1.54. The highest BCUT2D eigenvalue weighted by molar-refractivity contribution is 7.99. The summed E-state index contributed by atoms with van der Waals surface area (Å²) in [4.78, 5) is 0. The number of thioether (sulfide) groups is 1. The fourth-order valence-corrected chi connectivity index (χ4v) is 2.54. The largest absolute Gasteiger partial charge is 0.316 e. The maximum absolute atomic E-state index is 3.34. The summed E-state index contributed by atoms with van der Waals surface area (Å²) < 4.78 is 0. The molecule has 9 heavy (non-hydrogen) atoms. The number of hydrogen-bond donors (Lipinski definition) is 1. The Labute approximate surface area is 61.6 Å². The molecule has 0 spiro atoms. The first-order valence-electron chi connectivity index (χ1n) is 3.58. The summed E-state index contributed by atoms with van der Waals surface area (Å²) in [6.07, 6.45) is 6.41. The second-order valence-electron chi connectivity index (χ2n) is 2.60. The molecule has 54 valence electrons. The Morgan fingerprint density at radius 1 is 1.44 bits per heavy atom. The average Bonchev–Trinajstić information content (AvgIpc) is 2.33. The molecular formula is C7H15NS. The van der Waals surface area contributed by atoms with Gasteiger partial charge in [-0.3, -0.25) is 0 Å². The van der Waals surface area contributed by atoms with Gasteiger partial charge in [-0.15, -0.1) is 0 Å². The minimum atomic E-state index is 0.792. The highest BCUT2D eigenvalue weighted by atomic mass is 32.2. The van der Waals surface area contributed by atoms with E-state index in [-0.39, 0.29) is 0 Å². The van der Waals surface area contributed by atoms with Crippen LogP contribution in [0.2, 0.25) is 0 Å². The Morgan fingerprint density at radius 2 is 2.22 bits per heavy atom. The first-order valence-corrected chi connectivity index (χ1v) is 4.87. The molecule has 1 aliphatic rings. The minimum Gasteiger partial charge on any atom is -0.316 e. The Bertz CT molecular complexity index is 75.0. The summed E-state index contributed by atoms with van der Waals surface area (Å²) in [5, 5.41) is 4.23. The molecule has 2 atom stereocenters. The van der Waals surface area contributed by atoms with Crippen molar-refractivity contribution >= 4 is 11.8 Å². The van der Waals surface area contributed by atoms with Crippen molar-refractivity contribution in [2.45, 2.75) is 30.6 Å². The van der Waals surface area contributed by atoms with E-state index in [1.807, 2.05) is 11.8 Å². The van der Waals surface area contributed by atoms with Crippen molar-refractivity contribution in [3.8, 4) is 0 Å². The van der Waals surface area contributed by atoms with Crippen molar-refractivity contribution in [3.63, 3.8) is 0 Å². The second kappa shape index (κ2) is 3.47. The first kappa shape index (κ1) is 7.42. The highest BCUT2D eigenvalue weighted by Crippen LogP contribution is 2.27. The van der Waals surface area contributed by atoms with Gasteiger partial charge in [0, 0.05) is 11.3 Å². The van der Waals surface area contributed by atoms with Gasteiger partial charge in [-0.25, -0.2) is 0 Å². The molecule has 1 saturated carbocycles. The van der Waals surface area contributed by atoms with Crippen LogP contribution in [0.5, 0.6) is 0 Å². The van der Waals surface area contributed by atoms with Gasteiger partial charge in [0.15, 0.2) is 0 Å². The highest BCUT2D eigenvalue weighted by Gasteiger charge is 2.24. The maximum Gasteiger partial charge on any atom is 0.0198 e. The summed E-state index contributed by atoms with van der Waals surface area (Å²) >= 11 is 2.00. The number of rotatable bonds is 2. The Kier molecular flexibility index (Phi) is 2.86. The monoisotopic (exact) mass is 145 g/mol. The number of nitrogens with one attached hydrogen (secondary N) is 1. The molecule has 0 radical (unpaired) electrons. The van der Waals surface area contributed by atoms with Crippen LogP contribution in [0.3, 0.4) is 0 Å². The van der Waals surface area contributed by atoms with Gasteiger partial charge < -0.3 is 5.32 Å². The summed E-state index contributed by atoms with van der Waals surface area (Å²) in [5.74, 6) is 0. The summed E-state index contributed by atoms with van der Waals surface area (Å²) in [7, 11) is 2.07. The molecule has 0 aromatic carbocycles. The zero-order chi connectivity index (χ0) is 6.69. The van der Waals surface area contributed by atoms with E-state index in [9.17, 15) is 0 Å². The molecule has 0 heterocycles. The molecule has 1 N–H and O–H groups in total. The SMILES string of the molecule is CN[C@H]1CCC[C@@H]1SC. The second-order valence-corrected chi connectivity index (χ2v) is 3.68. The van der Waals surface area contributed by atoms with Crippen LogP contribution in [0.15, 0.2) is 0 Å². The zero-order valence-electron chi connectivity index (χ0n) is 6.18. The first-order chi connectivity index (χ1) is 4.38. The van der Waals surface area contributed by atoms with Crippen LogP contribution in [-0.4, -0.2) is 24.6 Å². The van der Waals surface area contributed by atoms with Crippen molar-refractivity contribution in [2.75, 3.05) is 13.3 Å². The molecule has 2 heteroatoms. The predicted octanol–water partition coefficient (Wildman–Crippen LogP) is 1.49. The minimum absolute atomic E-state index is 0.792. The Hall–Kier alpha value is 0.310. The third-order valence-electron chi connectivity index (χ3n) is 2.13. The molecule has 1 nitrogen and oxygen atoms in total. The lowest BCUT2D eigenvalue weighted by Gasteiger charge is -2.15. The van der Waals surface area contributed by atoms with Gasteiger partial charge in [0.05, 0.1) is 0 Å². The normalized spacial score (nSPS) is 35.3. The average molecular weight is 145 g/mol. The molecule has 1 aliphatic carbocycles. The third-order valence-corrected chi connectivity index (χ3v) is 3.30. The topological polar surface area (TPSA) is 12.0 Å². The summed E-state index contributed by atoms with van der Waals surface area (Å²) in [5.41, 5.74) is 0. The van der Waals surface area contributed by atoms with E-state index in [1.54, 1.807) is 0 Å². The Balaban J connectivity index is 2.32. The van der Waals surface area contributed by atoms with Crippen LogP contribution >= 0.6 is 11.8 Å². The van der Waals surface area contributed by atoms with E-state index < -0.39 is 0 Å². The summed E-state index contributed by atoms with van der Waals surface area (Å²) in [6.45, 7) is 0. The maximum atomic E-state index is 3.34. The molecule has 1 rings (SSSR count). The Morgan fingerprint density at radius 3 is 2.67 bits per heavy atom. The predicted molar refractivity (Wildman–Crippen MR) is 44.0 cm³/mol. The van der Waals surface area contributed by atoms with E-state index in [2.05, 4.69) is 18.6 Å². The lowest BCUT2D eigenvalue weighted by molar-refractivity contribution is 0.592. The molecule has 0 aromatic heterocycles. The fraction of sp³-hybridized carbons (Fsp3) is 1.00. The van der Waals surface area contributed by atoms with Crippen LogP contribution in [0, 0.1) is 0 Å². The molecule has 0 amide bonds. The van der Waals surface area contributed by atoms with E-state index in [0.717, 1.165) is 11.3 Å². The van der Waals surface area contributed by atoms with Gasteiger partial charge in [-0.1, -0.05) is 6.42 Å². The summed E-state index contributed by atoms with van der Waals surface area (Å²) in [6, 6.07) is 0.792. The van der Waals surface area contributed by atoms with Gasteiger partial charge in [-0.2, -0.15) is 11.8 Å². The van der Waals surface area contributed by atoms with Crippen molar-refractivity contribution in [1.82, 2.24) is 5.32 Å². The van der Waals surface area contributed by atoms with Crippen molar-refractivity contribution in [2.24, 2.45) is 0 Å².